The molecule has 4 rings (SSSR count). The second-order valence-electron chi connectivity index (χ2n) is 6.72. The summed E-state index contributed by atoms with van der Waals surface area (Å²) in [6.07, 6.45) is 4.25. The van der Waals surface area contributed by atoms with Crippen molar-refractivity contribution in [2.75, 3.05) is 14.2 Å². The predicted octanol–water partition coefficient (Wildman–Crippen LogP) is 3.13. The molecule has 0 bridgehead atoms. The highest BCUT2D eigenvalue weighted by molar-refractivity contribution is 5.92. The van der Waals surface area contributed by atoms with Crippen LogP contribution in [0.25, 0.3) is 0 Å². The number of benzene rings is 1. The maximum Gasteiger partial charge on any atom is 0.340 e. The van der Waals surface area contributed by atoms with Crippen LogP contribution in [0, 0.1) is 0 Å². The van der Waals surface area contributed by atoms with E-state index in [9.17, 15) is 4.79 Å². The van der Waals surface area contributed by atoms with Crippen LogP contribution in [0.5, 0.6) is 11.5 Å². The molecule has 1 aromatic heterocycles. The lowest BCUT2D eigenvalue weighted by Gasteiger charge is -2.23. The molecule has 1 aliphatic heterocycles. The van der Waals surface area contributed by atoms with Gasteiger partial charge in [-0.05, 0) is 49.4 Å². The molecule has 0 amide bonds. The summed E-state index contributed by atoms with van der Waals surface area (Å²) in [6.45, 7) is 0. The number of aryl methyl sites for hydroxylation is 2. The monoisotopic (exact) mass is 339 g/mol. The van der Waals surface area contributed by atoms with Crippen molar-refractivity contribution in [1.82, 2.24) is 4.98 Å². The zero-order chi connectivity index (χ0) is 17.4. The summed E-state index contributed by atoms with van der Waals surface area (Å²) in [5, 5.41) is 0. The molecular weight excluding hydrogens is 318 g/mol. The van der Waals surface area contributed by atoms with Crippen LogP contribution in [0.15, 0.2) is 30.3 Å². The minimum absolute atomic E-state index is 0.227. The molecule has 130 valence electrons. The summed E-state index contributed by atoms with van der Waals surface area (Å²) in [5.74, 6) is 1.37. The highest BCUT2D eigenvalue weighted by Crippen LogP contribution is 2.45. The number of hydrogen-bond acceptors (Lipinski definition) is 5. The van der Waals surface area contributed by atoms with E-state index in [1.807, 2.05) is 30.3 Å². The number of aromatic nitrogens is 1. The normalized spacial score (nSPS) is 17.0. The Morgan fingerprint density at radius 2 is 1.96 bits per heavy atom. The van der Waals surface area contributed by atoms with E-state index in [4.69, 9.17) is 19.2 Å². The fourth-order valence-electron chi connectivity index (χ4n) is 3.34. The fraction of sp³-hybridized carbons (Fsp3) is 0.400. The zero-order valence-electron chi connectivity index (χ0n) is 14.5. The van der Waals surface area contributed by atoms with Crippen molar-refractivity contribution in [1.29, 1.82) is 0 Å². The molecule has 0 radical (unpaired) electrons. The summed E-state index contributed by atoms with van der Waals surface area (Å²) in [5.41, 5.74) is 3.34. The van der Waals surface area contributed by atoms with Crippen molar-refractivity contribution in [2.24, 2.45) is 0 Å². The van der Waals surface area contributed by atoms with E-state index in [0.717, 1.165) is 60.6 Å². The summed E-state index contributed by atoms with van der Waals surface area (Å²) in [4.78, 5) is 16.8. The van der Waals surface area contributed by atoms with Crippen LogP contribution >= 0.6 is 0 Å². The number of methoxy groups -OCH3 is 2. The zero-order valence-corrected chi connectivity index (χ0v) is 14.5. The van der Waals surface area contributed by atoms with Gasteiger partial charge in [0.2, 0.25) is 0 Å². The Labute approximate surface area is 146 Å². The number of hydrogen-bond donors (Lipinski definition) is 0. The lowest BCUT2D eigenvalue weighted by Crippen LogP contribution is -2.30. The molecule has 2 aliphatic rings. The number of carbonyl (C=O) groups is 1. The van der Waals surface area contributed by atoms with Crippen LogP contribution in [0.3, 0.4) is 0 Å². The average Bonchev–Trinajstić information content (AvgIpc) is 3.37. The number of nitrogens with zero attached hydrogens (tertiary/aromatic N) is 1. The topological polar surface area (TPSA) is 57.7 Å². The molecule has 2 heterocycles. The molecule has 1 aliphatic carbocycles. The van der Waals surface area contributed by atoms with Crippen molar-refractivity contribution >= 4 is 5.97 Å². The standard InChI is InChI=1S/C20H21NO4/c1-23-15-7-4-13(18(11-15)24-2)3-5-14-6-8-16-17(21-14)12-20(9-10-20)25-19(16)22/h4,6-8,11H,3,5,9-10,12H2,1-2H3. The quantitative estimate of drug-likeness (QED) is 0.783. The molecule has 25 heavy (non-hydrogen) atoms. The first-order valence-corrected chi connectivity index (χ1v) is 8.55. The second kappa shape index (κ2) is 6.06. The van der Waals surface area contributed by atoms with Gasteiger partial charge in [-0.2, -0.15) is 0 Å². The second-order valence-corrected chi connectivity index (χ2v) is 6.72. The number of fused-ring (bicyclic) bond motifs is 1. The first-order valence-electron chi connectivity index (χ1n) is 8.55. The van der Waals surface area contributed by atoms with Crippen LogP contribution < -0.4 is 9.47 Å². The molecular formula is C20H21NO4. The van der Waals surface area contributed by atoms with Crippen molar-refractivity contribution in [3.05, 3.63) is 52.8 Å². The Bertz CT molecular complexity index is 826. The molecule has 1 spiro atoms. The van der Waals surface area contributed by atoms with Gasteiger partial charge in [0.15, 0.2) is 0 Å². The number of pyridine rings is 1. The maximum atomic E-state index is 12.1. The summed E-state index contributed by atoms with van der Waals surface area (Å²) < 4.78 is 16.2. The minimum Gasteiger partial charge on any atom is -0.497 e. The van der Waals surface area contributed by atoms with Crippen LogP contribution in [0.1, 0.15) is 40.2 Å². The van der Waals surface area contributed by atoms with Gasteiger partial charge in [-0.15, -0.1) is 0 Å². The Morgan fingerprint density at radius 1 is 1.12 bits per heavy atom. The molecule has 2 aromatic rings. The molecule has 5 heteroatoms. The van der Waals surface area contributed by atoms with Crippen molar-refractivity contribution in [3.63, 3.8) is 0 Å². The lowest BCUT2D eigenvalue weighted by atomic mass is 10.0. The molecule has 1 aromatic carbocycles. The van der Waals surface area contributed by atoms with Gasteiger partial charge in [-0.25, -0.2) is 4.79 Å². The van der Waals surface area contributed by atoms with Gasteiger partial charge in [-0.1, -0.05) is 6.07 Å². The molecule has 0 atom stereocenters. The molecule has 1 fully saturated rings. The van der Waals surface area contributed by atoms with E-state index in [1.165, 1.54) is 0 Å². The Hall–Kier alpha value is -2.56. The van der Waals surface area contributed by atoms with Gasteiger partial charge in [0.25, 0.3) is 0 Å². The molecule has 0 saturated heterocycles. The fourth-order valence-corrected chi connectivity index (χ4v) is 3.34. The first-order chi connectivity index (χ1) is 12.1. The first kappa shape index (κ1) is 15.9. The van der Waals surface area contributed by atoms with Crippen LogP contribution in [-0.2, 0) is 24.0 Å². The average molecular weight is 339 g/mol. The molecule has 1 saturated carbocycles. The highest BCUT2D eigenvalue weighted by Gasteiger charge is 2.50. The lowest BCUT2D eigenvalue weighted by molar-refractivity contribution is 0.0173. The Balaban J connectivity index is 1.52. The number of ether oxygens (including phenoxy) is 3. The van der Waals surface area contributed by atoms with E-state index in [0.29, 0.717) is 5.56 Å². The highest BCUT2D eigenvalue weighted by atomic mass is 16.6. The summed E-state index contributed by atoms with van der Waals surface area (Å²) in [6, 6.07) is 9.61. The maximum absolute atomic E-state index is 12.1. The van der Waals surface area contributed by atoms with E-state index in [1.54, 1.807) is 14.2 Å². The third kappa shape index (κ3) is 3.06. The van der Waals surface area contributed by atoms with Gasteiger partial charge >= 0.3 is 5.97 Å². The third-order valence-electron chi connectivity index (χ3n) is 5.00. The van der Waals surface area contributed by atoms with Gasteiger partial charge in [0.1, 0.15) is 17.1 Å². The molecule has 0 N–H and O–H groups in total. The van der Waals surface area contributed by atoms with Gasteiger partial charge in [-0.3, -0.25) is 4.98 Å². The van der Waals surface area contributed by atoms with Crippen molar-refractivity contribution in [3.8, 4) is 11.5 Å². The van der Waals surface area contributed by atoms with Gasteiger partial charge in [0.05, 0.1) is 25.5 Å². The third-order valence-corrected chi connectivity index (χ3v) is 5.00. The van der Waals surface area contributed by atoms with Crippen LogP contribution in [-0.4, -0.2) is 30.8 Å². The van der Waals surface area contributed by atoms with E-state index in [2.05, 4.69) is 0 Å². The van der Waals surface area contributed by atoms with Crippen LogP contribution in [0.4, 0.5) is 0 Å². The summed E-state index contributed by atoms with van der Waals surface area (Å²) in [7, 11) is 3.30. The molecule has 0 unspecified atom stereocenters. The Morgan fingerprint density at radius 3 is 2.68 bits per heavy atom. The Kier molecular flexibility index (Phi) is 3.86. The number of rotatable bonds is 5. The molecule has 5 nitrogen and oxygen atoms in total. The number of carbonyl (C=O) groups excluding carboxylic acids is 1. The smallest absolute Gasteiger partial charge is 0.340 e. The van der Waals surface area contributed by atoms with E-state index >= 15 is 0 Å². The summed E-state index contributed by atoms with van der Waals surface area (Å²) >= 11 is 0. The van der Waals surface area contributed by atoms with Crippen molar-refractivity contribution < 1.29 is 19.0 Å². The van der Waals surface area contributed by atoms with Gasteiger partial charge < -0.3 is 14.2 Å². The van der Waals surface area contributed by atoms with E-state index in [-0.39, 0.29) is 11.6 Å². The van der Waals surface area contributed by atoms with Gasteiger partial charge in [0, 0.05) is 18.2 Å². The SMILES string of the molecule is COc1ccc(CCc2ccc3c(n2)CC2(CC2)OC3=O)c(OC)c1. The predicted molar refractivity (Wildman–Crippen MR) is 92.3 cm³/mol. The minimum atomic E-state index is -0.255. The number of esters is 1. The van der Waals surface area contributed by atoms with E-state index < -0.39 is 0 Å². The largest absolute Gasteiger partial charge is 0.497 e. The van der Waals surface area contributed by atoms with Crippen molar-refractivity contribution in [2.45, 2.75) is 37.7 Å². The van der Waals surface area contributed by atoms with Crippen LogP contribution in [0.2, 0.25) is 0 Å².